The van der Waals surface area contributed by atoms with E-state index in [9.17, 15) is 14.7 Å². The Morgan fingerprint density at radius 2 is 2.22 bits per heavy atom. The number of hydrogen-bond donors (Lipinski definition) is 1. The highest BCUT2D eigenvalue weighted by Gasteiger charge is 2.24. The number of carboxylic acid groups (broad SMARTS) is 1. The number of amides is 1. The van der Waals surface area contributed by atoms with Gasteiger partial charge in [0.05, 0.1) is 5.97 Å². The molecule has 96 valence electrons. The zero-order chi connectivity index (χ0) is 13.1. The highest BCUT2D eigenvalue weighted by molar-refractivity contribution is 9.10. The molecule has 1 aliphatic heterocycles. The van der Waals surface area contributed by atoms with Gasteiger partial charge >= 0.3 is 0 Å². The van der Waals surface area contributed by atoms with Gasteiger partial charge in [-0.15, -0.1) is 0 Å². The second kappa shape index (κ2) is 5.49. The minimum absolute atomic E-state index is 0.0595. The molecule has 2 rings (SSSR count). The number of carbonyl (C=O) groups excluding carboxylic acids is 2. The van der Waals surface area contributed by atoms with Crippen LogP contribution in [0.5, 0.6) is 0 Å². The minimum Gasteiger partial charge on any atom is -0.545 e. The lowest BCUT2D eigenvalue weighted by Gasteiger charge is -2.14. The largest absolute Gasteiger partial charge is 0.545 e. The lowest BCUT2D eigenvalue weighted by atomic mass is 10.1. The van der Waals surface area contributed by atoms with Crippen molar-refractivity contribution in [2.75, 3.05) is 11.9 Å². The first kappa shape index (κ1) is 13.0. The number of hydrogen-bond acceptors (Lipinski definition) is 4. The molecular formula is C12H11BrNO4-. The van der Waals surface area contributed by atoms with Gasteiger partial charge in [-0.25, -0.2) is 0 Å². The van der Waals surface area contributed by atoms with Crippen molar-refractivity contribution in [2.24, 2.45) is 0 Å². The smallest absolute Gasteiger partial charge is 0.253 e. The van der Waals surface area contributed by atoms with Gasteiger partial charge in [0.2, 0.25) is 0 Å². The van der Waals surface area contributed by atoms with Crippen LogP contribution in [0.2, 0.25) is 0 Å². The minimum atomic E-state index is -1.33. The molecule has 0 aliphatic carbocycles. The van der Waals surface area contributed by atoms with Crippen molar-refractivity contribution in [1.29, 1.82) is 0 Å². The number of benzene rings is 1. The molecule has 18 heavy (non-hydrogen) atoms. The average Bonchev–Trinajstić information content (AvgIpc) is 2.84. The van der Waals surface area contributed by atoms with Crippen molar-refractivity contribution < 1.29 is 19.4 Å². The Morgan fingerprint density at radius 1 is 1.44 bits per heavy atom. The fraction of sp³-hybridized carbons (Fsp3) is 0.333. The van der Waals surface area contributed by atoms with Crippen LogP contribution in [0.1, 0.15) is 23.2 Å². The maximum Gasteiger partial charge on any atom is 0.253 e. The van der Waals surface area contributed by atoms with Crippen LogP contribution in [0.25, 0.3) is 0 Å². The normalized spacial score (nSPS) is 18.6. The van der Waals surface area contributed by atoms with Gasteiger partial charge < -0.3 is 20.0 Å². The SMILES string of the molecule is O=C([O-])c1cc(Br)ccc1NC(=O)[C@@H]1CCCO1. The third-order valence-electron chi connectivity index (χ3n) is 2.68. The summed E-state index contributed by atoms with van der Waals surface area (Å²) in [6, 6.07) is 4.56. The van der Waals surface area contributed by atoms with Crippen LogP contribution >= 0.6 is 15.9 Å². The quantitative estimate of drug-likeness (QED) is 0.900. The summed E-state index contributed by atoms with van der Waals surface area (Å²) in [5, 5.41) is 13.5. The molecule has 1 N–H and O–H groups in total. The van der Waals surface area contributed by atoms with Crippen molar-refractivity contribution in [2.45, 2.75) is 18.9 Å². The van der Waals surface area contributed by atoms with Gasteiger partial charge in [0.15, 0.2) is 0 Å². The van der Waals surface area contributed by atoms with E-state index in [1.54, 1.807) is 6.07 Å². The Kier molecular flexibility index (Phi) is 3.98. The molecule has 5 nitrogen and oxygen atoms in total. The van der Waals surface area contributed by atoms with Crippen LogP contribution in [-0.4, -0.2) is 24.6 Å². The predicted octanol–water partition coefficient (Wildman–Crippen LogP) is 0.930. The number of carboxylic acids is 1. The summed E-state index contributed by atoms with van der Waals surface area (Å²) in [7, 11) is 0. The van der Waals surface area contributed by atoms with Crippen LogP contribution < -0.4 is 10.4 Å². The molecule has 1 atom stereocenters. The first-order valence-electron chi connectivity index (χ1n) is 5.51. The van der Waals surface area contributed by atoms with E-state index in [0.717, 1.165) is 6.42 Å². The number of halogens is 1. The molecule has 1 fully saturated rings. The summed E-state index contributed by atoms with van der Waals surface area (Å²) < 4.78 is 5.83. The Bertz CT molecular complexity index is 483. The van der Waals surface area contributed by atoms with E-state index >= 15 is 0 Å². The molecule has 1 amide bonds. The molecule has 1 heterocycles. The van der Waals surface area contributed by atoms with Crippen LogP contribution in [0.3, 0.4) is 0 Å². The summed E-state index contributed by atoms with van der Waals surface area (Å²) in [6.07, 6.45) is 0.998. The van der Waals surface area contributed by atoms with E-state index in [0.29, 0.717) is 17.5 Å². The molecule has 0 saturated carbocycles. The molecule has 6 heteroatoms. The van der Waals surface area contributed by atoms with Crippen molar-refractivity contribution >= 4 is 33.5 Å². The standard InChI is InChI=1S/C12H12BrNO4/c13-7-3-4-9(8(6-7)12(16)17)14-11(15)10-2-1-5-18-10/h3-4,6,10H,1-2,5H2,(H,14,15)(H,16,17)/p-1/t10-/m0/s1. The molecule has 1 aromatic rings. The first-order chi connectivity index (χ1) is 8.58. The van der Waals surface area contributed by atoms with Crippen LogP contribution in [-0.2, 0) is 9.53 Å². The van der Waals surface area contributed by atoms with E-state index in [1.807, 2.05) is 0 Å². The topological polar surface area (TPSA) is 78.5 Å². The zero-order valence-electron chi connectivity index (χ0n) is 9.44. The van der Waals surface area contributed by atoms with Gasteiger partial charge in [-0.3, -0.25) is 4.79 Å². The van der Waals surface area contributed by atoms with Crippen molar-refractivity contribution in [3.05, 3.63) is 28.2 Å². The van der Waals surface area contributed by atoms with Crippen LogP contribution in [0.4, 0.5) is 5.69 Å². The van der Waals surface area contributed by atoms with Crippen LogP contribution in [0, 0.1) is 0 Å². The highest BCUT2D eigenvalue weighted by atomic mass is 79.9. The lowest BCUT2D eigenvalue weighted by molar-refractivity contribution is -0.254. The van der Waals surface area contributed by atoms with Gasteiger partial charge in [-0.1, -0.05) is 15.9 Å². The van der Waals surface area contributed by atoms with E-state index in [4.69, 9.17) is 4.74 Å². The van der Waals surface area contributed by atoms with Crippen molar-refractivity contribution in [3.63, 3.8) is 0 Å². The van der Waals surface area contributed by atoms with E-state index in [2.05, 4.69) is 21.2 Å². The molecule has 1 aliphatic rings. The fourth-order valence-electron chi connectivity index (χ4n) is 1.79. The van der Waals surface area contributed by atoms with E-state index in [-0.39, 0.29) is 17.2 Å². The Labute approximate surface area is 112 Å². The second-order valence-corrected chi connectivity index (χ2v) is 4.88. The molecule has 0 unspecified atom stereocenters. The Balaban J connectivity index is 2.17. The molecule has 1 aromatic carbocycles. The van der Waals surface area contributed by atoms with E-state index < -0.39 is 12.1 Å². The monoisotopic (exact) mass is 312 g/mol. The number of ether oxygens (including phenoxy) is 1. The van der Waals surface area contributed by atoms with E-state index in [1.165, 1.54) is 12.1 Å². The fourth-order valence-corrected chi connectivity index (χ4v) is 2.15. The lowest BCUT2D eigenvalue weighted by Crippen LogP contribution is -2.29. The molecule has 0 bridgehead atoms. The maximum atomic E-state index is 11.8. The number of aromatic carboxylic acids is 1. The molecule has 0 spiro atoms. The molecule has 0 aromatic heterocycles. The number of rotatable bonds is 3. The summed E-state index contributed by atoms with van der Waals surface area (Å²) in [5.74, 6) is -1.66. The number of anilines is 1. The Morgan fingerprint density at radius 3 is 2.83 bits per heavy atom. The number of nitrogens with one attached hydrogen (secondary N) is 1. The second-order valence-electron chi connectivity index (χ2n) is 3.97. The summed E-state index contributed by atoms with van der Waals surface area (Å²) in [4.78, 5) is 22.8. The zero-order valence-corrected chi connectivity index (χ0v) is 11.0. The third kappa shape index (κ3) is 2.88. The van der Waals surface area contributed by atoms with Crippen molar-refractivity contribution in [3.8, 4) is 0 Å². The van der Waals surface area contributed by atoms with Crippen LogP contribution in [0.15, 0.2) is 22.7 Å². The van der Waals surface area contributed by atoms with Gasteiger partial charge in [0.1, 0.15) is 6.10 Å². The van der Waals surface area contributed by atoms with Gasteiger partial charge in [-0.2, -0.15) is 0 Å². The Hall–Kier alpha value is -1.40. The summed E-state index contributed by atoms with van der Waals surface area (Å²) in [6.45, 7) is 0.561. The van der Waals surface area contributed by atoms with Gasteiger partial charge in [-0.05, 0) is 31.0 Å². The first-order valence-corrected chi connectivity index (χ1v) is 6.30. The van der Waals surface area contributed by atoms with Gasteiger partial charge in [0, 0.05) is 22.3 Å². The summed E-state index contributed by atoms with van der Waals surface area (Å²) in [5.41, 5.74) is 0.162. The average molecular weight is 313 g/mol. The highest BCUT2D eigenvalue weighted by Crippen LogP contribution is 2.22. The third-order valence-corrected chi connectivity index (χ3v) is 3.17. The molecule has 0 radical (unpaired) electrons. The maximum absolute atomic E-state index is 11.8. The summed E-state index contributed by atoms with van der Waals surface area (Å²) >= 11 is 3.17. The predicted molar refractivity (Wildman–Crippen MR) is 66.1 cm³/mol. The number of carbonyl (C=O) groups is 2. The van der Waals surface area contributed by atoms with Gasteiger partial charge in [0.25, 0.3) is 5.91 Å². The van der Waals surface area contributed by atoms with Crippen molar-refractivity contribution in [1.82, 2.24) is 0 Å². The molecule has 1 saturated heterocycles. The molecular weight excluding hydrogens is 302 g/mol.